The predicted molar refractivity (Wildman–Crippen MR) is 42.3 cm³/mol. The molecule has 0 saturated heterocycles. The highest BCUT2D eigenvalue weighted by molar-refractivity contribution is 6.15. The van der Waals surface area contributed by atoms with Crippen LogP contribution in [-0.4, -0.2) is 25.1 Å². The van der Waals surface area contributed by atoms with Crippen LogP contribution in [0.2, 0.25) is 0 Å². The molecule has 0 aliphatic heterocycles. The zero-order chi connectivity index (χ0) is 8.10. The molecule has 0 bridgehead atoms. The maximum atomic E-state index is 10.3. The van der Waals surface area contributed by atoms with Gasteiger partial charge in [-0.15, -0.1) is 0 Å². The first-order valence-corrected chi connectivity index (χ1v) is 4.04. The molecule has 11 heavy (non-hydrogen) atoms. The van der Waals surface area contributed by atoms with E-state index in [1.807, 2.05) is 0 Å². The molecule has 1 aliphatic rings. The second-order valence-electron chi connectivity index (χ2n) is 2.97. The van der Waals surface area contributed by atoms with Crippen molar-refractivity contribution in [3.8, 4) is 0 Å². The molecule has 0 aromatic heterocycles. The number of carbonyl (C=O) groups excluding carboxylic acids is 1. The van der Waals surface area contributed by atoms with Crippen molar-refractivity contribution in [2.24, 2.45) is 5.92 Å². The first kappa shape index (κ1) is 8.75. The highest BCUT2D eigenvalue weighted by Crippen LogP contribution is 2.24. The summed E-state index contributed by atoms with van der Waals surface area (Å²) in [6.45, 7) is 0. The largest absolute Gasteiger partial charge is 0.435 e. The van der Waals surface area contributed by atoms with Gasteiger partial charge < -0.3 is 14.5 Å². The van der Waals surface area contributed by atoms with Crippen molar-refractivity contribution in [2.75, 3.05) is 0 Å². The van der Waals surface area contributed by atoms with E-state index in [0.717, 1.165) is 32.0 Å². The normalized spacial score (nSPS) is 31.4. The summed E-state index contributed by atoms with van der Waals surface area (Å²) >= 11 is 0. The summed E-state index contributed by atoms with van der Waals surface area (Å²) in [6.07, 6.45) is 4.84. The van der Waals surface area contributed by atoms with Crippen LogP contribution in [-0.2, 0) is 9.45 Å². The Bertz CT molecular complexity index is 121. The lowest BCUT2D eigenvalue weighted by molar-refractivity contribution is -0.112. The van der Waals surface area contributed by atoms with Gasteiger partial charge in [0.15, 0.2) is 0 Å². The third-order valence-corrected chi connectivity index (χ3v) is 2.22. The lowest BCUT2D eigenvalue weighted by atomic mass is 9.88. The van der Waals surface area contributed by atoms with Crippen LogP contribution in [0, 0.1) is 5.92 Å². The van der Waals surface area contributed by atoms with Gasteiger partial charge in [-0.3, -0.25) is 0 Å². The fourth-order valence-corrected chi connectivity index (χ4v) is 1.50. The molecule has 3 nitrogen and oxygen atoms in total. The Morgan fingerprint density at radius 1 is 1.36 bits per heavy atom. The van der Waals surface area contributed by atoms with Gasteiger partial charge >= 0.3 is 7.69 Å². The summed E-state index contributed by atoms with van der Waals surface area (Å²) in [5, 5.41) is 8.45. The summed E-state index contributed by atoms with van der Waals surface area (Å²) in [5.41, 5.74) is 0. The van der Waals surface area contributed by atoms with E-state index in [-0.39, 0.29) is 19.7 Å². The van der Waals surface area contributed by atoms with Crippen molar-refractivity contribution >= 4 is 14.0 Å². The van der Waals surface area contributed by atoms with Crippen LogP contribution < -0.4 is 0 Å². The molecule has 1 N–H and O–H groups in total. The maximum Gasteiger partial charge on any atom is 0.435 e. The fourth-order valence-electron chi connectivity index (χ4n) is 1.50. The molecule has 0 radical (unpaired) electrons. The van der Waals surface area contributed by atoms with Gasteiger partial charge in [-0.2, -0.15) is 0 Å². The topological polar surface area (TPSA) is 46.5 Å². The van der Waals surface area contributed by atoms with Crippen LogP contribution in [0.3, 0.4) is 0 Å². The van der Waals surface area contributed by atoms with Crippen molar-refractivity contribution in [3.05, 3.63) is 0 Å². The smallest absolute Gasteiger partial charge is 0.430 e. The number of rotatable bonds is 3. The second-order valence-corrected chi connectivity index (χ2v) is 2.97. The Labute approximate surface area is 67.0 Å². The van der Waals surface area contributed by atoms with Gasteiger partial charge in [0.1, 0.15) is 6.29 Å². The van der Waals surface area contributed by atoms with Crippen molar-refractivity contribution in [2.45, 2.75) is 31.8 Å². The Kier molecular flexibility index (Phi) is 3.59. The molecule has 0 unspecified atom stereocenters. The lowest BCUT2D eigenvalue weighted by Gasteiger charge is -2.24. The zero-order valence-electron chi connectivity index (χ0n) is 6.53. The van der Waals surface area contributed by atoms with Gasteiger partial charge in [0.2, 0.25) is 0 Å². The minimum absolute atomic E-state index is 0.177. The van der Waals surface area contributed by atoms with E-state index >= 15 is 0 Å². The fraction of sp³-hybridized carbons (Fsp3) is 0.857. The number of hydrogen-bond donors (Lipinski definition) is 1. The average molecular weight is 156 g/mol. The van der Waals surface area contributed by atoms with E-state index in [1.165, 1.54) is 0 Å². The highest BCUT2D eigenvalue weighted by atomic mass is 16.5. The summed E-state index contributed by atoms with van der Waals surface area (Å²) in [7, 11) is -0.198. The van der Waals surface area contributed by atoms with Crippen LogP contribution in [0.1, 0.15) is 25.7 Å². The van der Waals surface area contributed by atoms with Gasteiger partial charge in [-0.05, 0) is 25.7 Å². The molecule has 0 atom stereocenters. The Hall–Kier alpha value is -0.345. The second kappa shape index (κ2) is 4.52. The van der Waals surface area contributed by atoms with Gasteiger partial charge in [0.25, 0.3) is 0 Å². The SMILES string of the molecule is O=CC1CCC(OBO)CC1. The van der Waals surface area contributed by atoms with Crippen molar-refractivity contribution in [1.29, 1.82) is 0 Å². The quantitative estimate of drug-likeness (QED) is 0.462. The third-order valence-electron chi connectivity index (χ3n) is 2.22. The molecule has 4 heteroatoms. The molecule has 0 aromatic carbocycles. The molecule has 1 saturated carbocycles. The summed E-state index contributed by atoms with van der Waals surface area (Å²) in [6, 6.07) is 0. The molecule has 0 spiro atoms. The monoisotopic (exact) mass is 156 g/mol. The molecule has 1 fully saturated rings. The molecule has 0 amide bonds. The van der Waals surface area contributed by atoms with E-state index in [1.54, 1.807) is 0 Å². The molecular formula is C7H13BO3. The van der Waals surface area contributed by atoms with Gasteiger partial charge in [-0.1, -0.05) is 0 Å². The summed E-state index contributed by atoms with van der Waals surface area (Å²) in [5.74, 6) is 0.230. The Morgan fingerprint density at radius 2 is 2.00 bits per heavy atom. The van der Waals surface area contributed by atoms with E-state index in [9.17, 15) is 4.79 Å². The molecular weight excluding hydrogens is 143 g/mol. The minimum atomic E-state index is -0.198. The standard InChI is InChI=1S/C7H13BO3/c9-5-6-1-3-7(4-2-6)11-8-10/h5-8,10H,1-4H2. The lowest BCUT2D eigenvalue weighted by Crippen LogP contribution is -2.23. The van der Waals surface area contributed by atoms with Crippen molar-refractivity contribution < 1.29 is 14.5 Å². The third kappa shape index (κ3) is 2.63. The van der Waals surface area contributed by atoms with Gasteiger partial charge in [0, 0.05) is 12.0 Å². The average Bonchev–Trinajstić information content (AvgIpc) is 2.07. The zero-order valence-corrected chi connectivity index (χ0v) is 6.53. The van der Waals surface area contributed by atoms with E-state index in [4.69, 9.17) is 9.68 Å². The van der Waals surface area contributed by atoms with E-state index < -0.39 is 0 Å². The van der Waals surface area contributed by atoms with Crippen LogP contribution >= 0.6 is 0 Å². The molecule has 1 rings (SSSR count). The highest BCUT2D eigenvalue weighted by Gasteiger charge is 2.20. The van der Waals surface area contributed by atoms with Crippen LogP contribution in [0.25, 0.3) is 0 Å². The summed E-state index contributed by atoms with van der Waals surface area (Å²) < 4.78 is 5.02. The van der Waals surface area contributed by atoms with Crippen LogP contribution in [0.5, 0.6) is 0 Å². The predicted octanol–water partition coefficient (Wildman–Crippen LogP) is 0.0195. The van der Waals surface area contributed by atoms with Crippen molar-refractivity contribution in [3.63, 3.8) is 0 Å². The molecule has 1 aliphatic carbocycles. The Balaban J connectivity index is 2.18. The van der Waals surface area contributed by atoms with Crippen molar-refractivity contribution in [1.82, 2.24) is 0 Å². The van der Waals surface area contributed by atoms with Gasteiger partial charge in [-0.25, -0.2) is 0 Å². The number of hydrogen-bond acceptors (Lipinski definition) is 3. The molecule has 0 aromatic rings. The van der Waals surface area contributed by atoms with Crippen LogP contribution in [0.15, 0.2) is 0 Å². The van der Waals surface area contributed by atoms with E-state index in [0.29, 0.717) is 0 Å². The first-order valence-electron chi connectivity index (χ1n) is 4.04. The molecule has 62 valence electrons. The Morgan fingerprint density at radius 3 is 2.45 bits per heavy atom. The minimum Gasteiger partial charge on any atom is -0.430 e. The number of carbonyl (C=O) groups is 1. The maximum absolute atomic E-state index is 10.3. The molecule has 0 heterocycles. The van der Waals surface area contributed by atoms with Crippen LogP contribution in [0.4, 0.5) is 0 Å². The van der Waals surface area contributed by atoms with Gasteiger partial charge in [0.05, 0.1) is 0 Å². The summed E-state index contributed by atoms with van der Waals surface area (Å²) in [4.78, 5) is 10.3. The first-order chi connectivity index (χ1) is 5.36. The number of aldehydes is 1. The van der Waals surface area contributed by atoms with E-state index in [2.05, 4.69) is 0 Å².